The number of hydrogen-bond acceptors (Lipinski definition) is 6. The summed E-state index contributed by atoms with van der Waals surface area (Å²) in [5.41, 5.74) is 8.62. The summed E-state index contributed by atoms with van der Waals surface area (Å²) in [4.78, 5) is 19.1. The molecule has 2 heterocycles. The van der Waals surface area contributed by atoms with Crippen molar-refractivity contribution in [1.82, 2.24) is 9.88 Å². The van der Waals surface area contributed by atoms with Gasteiger partial charge in [-0.1, -0.05) is 0 Å². The van der Waals surface area contributed by atoms with Crippen molar-refractivity contribution >= 4 is 22.5 Å². The molecule has 1 aromatic carbocycles. The molecule has 0 spiro atoms. The van der Waals surface area contributed by atoms with Crippen LogP contribution in [-0.2, 0) is 9.53 Å². The SMILES string of the molecule is COCCC(=O)N1CCCC(c2nc3cc(OC)c(OC)cc3cc2N)C1. The summed E-state index contributed by atoms with van der Waals surface area (Å²) in [7, 11) is 4.81. The van der Waals surface area contributed by atoms with Crippen LogP contribution in [0.25, 0.3) is 10.9 Å². The maximum absolute atomic E-state index is 12.3. The second-order valence-electron chi connectivity index (χ2n) is 6.78. The first-order valence-corrected chi connectivity index (χ1v) is 9.16. The Labute approximate surface area is 159 Å². The van der Waals surface area contributed by atoms with Crippen LogP contribution in [0, 0.1) is 0 Å². The number of carbonyl (C=O) groups is 1. The summed E-state index contributed by atoms with van der Waals surface area (Å²) in [5.74, 6) is 1.52. The monoisotopic (exact) mass is 373 g/mol. The number of anilines is 1. The summed E-state index contributed by atoms with van der Waals surface area (Å²) in [6.07, 6.45) is 2.30. The Morgan fingerprint density at radius 3 is 2.67 bits per heavy atom. The molecule has 1 amide bonds. The van der Waals surface area contributed by atoms with Crippen molar-refractivity contribution < 1.29 is 19.0 Å². The first-order chi connectivity index (χ1) is 13.1. The van der Waals surface area contributed by atoms with Crippen LogP contribution in [-0.4, -0.2) is 56.8 Å². The number of piperidine rings is 1. The van der Waals surface area contributed by atoms with Gasteiger partial charge in [0.1, 0.15) is 0 Å². The van der Waals surface area contributed by atoms with Crippen molar-refractivity contribution in [2.45, 2.75) is 25.2 Å². The lowest BCUT2D eigenvalue weighted by Gasteiger charge is -2.33. The molecule has 1 aromatic heterocycles. The summed E-state index contributed by atoms with van der Waals surface area (Å²) < 4.78 is 15.8. The molecule has 0 aliphatic carbocycles. The molecule has 1 saturated heterocycles. The molecule has 27 heavy (non-hydrogen) atoms. The van der Waals surface area contributed by atoms with Crippen molar-refractivity contribution in [3.63, 3.8) is 0 Å². The number of pyridine rings is 1. The van der Waals surface area contributed by atoms with Crippen LogP contribution in [0.2, 0.25) is 0 Å². The summed E-state index contributed by atoms with van der Waals surface area (Å²) in [6.45, 7) is 1.86. The van der Waals surface area contributed by atoms with Crippen LogP contribution in [0.1, 0.15) is 30.9 Å². The largest absolute Gasteiger partial charge is 0.493 e. The minimum absolute atomic E-state index is 0.118. The molecule has 1 aliphatic heterocycles. The van der Waals surface area contributed by atoms with E-state index in [9.17, 15) is 4.79 Å². The normalized spacial score (nSPS) is 17.1. The molecular formula is C20H27N3O4. The van der Waals surface area contributed by atoms with Crippen molar-refractivity contribution in [1.29, 1.82) is 0 Å². The number of carbonyl (C=O) groups excluding carboxylic acids is 1. The number of rotatable bonds is 6. The molecule has 0 saturated carbocycles. The van der Waals surface area contributed by atoms with Gasteiger partial charge in [-0.25, -0.2) is 0 Å². The highest BCUT2D eigenvalue weighted by molar-refractivity contribution is 5.86. The fourth-order valence-corrected chi connectivity index (χ4v) is 3.63. The number of fused-ring (bicyclic) bond motifs is 1. The molecule has 1 fully saturated rings. The first-order valence-electron chi connectivity index (χ1n) is 9.16. The van der Waals surface area contributed by atoms with Gasteiger partial charge in [0, 0.05) is 37.6 Å². The number of aromatic nitrogens is 1. The average Bonchev–Trinajstić information content (AvgIpc) is 2.70. The van der Waals surface area contributed by atoms with Crippen LogP contribution >= 0.6 is 0 Å². The average molecular weight is 373 g/mol. The van der Waals surface area contributed by atoms with Gasteiger partial charge < -0.3 is 24.8 Å². The molecule has 0 radical (unpaired) electrons. The van der Waals surface area contributed by atoms with E-state index in [1.165, 1.54) is 0 Å². The van der Waals surface area contributed by atoms with E-state index < -0.39 is 0 Å². The van der Waals surface area contributed by atoms with Crippen molar-refractivity contribution in [2.24, 2.45) is 0 Å². The Kier molecular flexibility index (Phi) is 6.01. The third-order valence-corrected chi connectivity index (χ3v) is 5.06. The number of nitrogens with two attached hydrogens (primary N) is 1. The van der Waals surface area contributed by atoms with Gasteiger partial charge in [0.25, 0.3) is 0 Å². The quantitative estimate of drug-likeness (QED) is 0.837. The third-order valence-electron chi connectivity index (χ3n) is 5.06. The molecule has 0 bridgehead atoms. The van der Waals surface area contributed by atoms with Crippen LogP contribution in [0.4, 0.5) is 5.69 Å². The second-order valence-corrected chi connectivity index (χ2v) is 6.78. The number of nitrogens with zero attached hydrogens (tertiary/aromatic N) is 2. The van der Waals surface area contributed by atoms with Gasteiger partial charge in [-0.15, -0.1) is 0 Å². The van der Waals surface area contributed by atoms with E-state index in [0.717, 1.165) is 36.0 Å². The van der Waals surface area contributed by atoms with Crippen LogP contribution in [0.5, 0.6) is 11.5 Å². The Morgan fingerprint density at radius 2 is 1.96 bits per heavy atom. The smallest absolute Gasteiger partial charge is 0.224 e. The van der Waals surface area contributed by atoms with Gasteiger partial charge in [0.05, 0.1) is 44.1 Å². The Morgan fingerprint density at radius 1 is 1.22 bits per heavy atom. The number of benzene rings is 1. The van der Waals surface area contributed by atoms with Gasteiger partial charge >= 0.3 is 0 Å². The van der Waals surface area contributed by atoms with E-state index in [4.69, 9.17) is 24.9 Å². The predicted molar refractivity (Wildman–Crippen MR) is 104 cm³/mol. The van der Waals surface area contributed by atoms with Crippen LogP contribution < -0.4 is 15.2 Å². The number of nitrogen functional groups attached to an aromatic ring is 1. The van der Waals surface area contributed by atoms with Crippen molar-refractivity contribution in [3.8, 4) is 11.5 Å². The molecule has 2 aromatic rings. The zero-order valence-corrected chi connectivity index (χ0v) is 16.2. The first kappa shape index (κ1) is 19.2. The van der Waals surface area contributed by atoms with E-state index in [-0.39, 0.29) is 11.8 Å². The molecule has 146 valence electrons. The van der Waals surface area contributed by atoms with E-state index in [2.05, 4.69) is 0 Å². The maximum Gasteiger partial charge on any atom is 0.224 e. The van der Waals surface area contributed by atoms with E-state index in [0.29, 0.717) is 36.8 Å². The number of ether oxygens (including phenoxy) is 3. The van der Waals surface area contributed by atoms with Crippen molar-refractivity contribution in [3.05, 3.63) is 23.9 Å². The topological polar surface area (TPSA) is 86.9 Å². The fraction of sp³-hybridized carbons (Fsp3) is 0.500. The second kappa shape index (κ2) is 8.43. The lowest BCUT2D eigenvalue weighted by molar-refractivity contribution is -0.133. The van der Waals surface area contributed by atoms with Crippen LogP contribution in [0.15, 0.2) is 18.2 Å². The summed E-state index contributed by atoms with van der Waals surface area (Å²) in [6, 6.07) is 5.66. The van der Waals surface area contributed by atoms with Gasteiger partial charge in [0.15, 0.2) is 11.5 Å². The Hall–Kier alpha value is -2.54. The zero-order chi connectivity index (χ0) is 19.4. The number of likely N-dealkylation sites (tertiary alicyclic amines) is 1. The summed E-state index contributed by atoms with van der Waals surface area (Å²) >= 11 is 0. The van der Waals surface area contributed by atoms with E-state index >= 15 is 0 Å². The fourth-order valence-electron chi connectivity index (χ4n) is 3.63. The summed E-state index contributed by atoms with van der Waals surface area (Å²) in [5, 5.41) is 0.901. The third kappa shape index (κ3) is 4.08. The highest BCUT2D eigenvalue weighted by Crippen LogP contribution is 2.36. The highest BCUT2D eigenvalue weighted by atomic mass is 16.5. The van der Waals surface area contributed by atoms with Gasteiger partial charge in [-0.3, -0.25) is 9.78 Å². The zero-order valence-electron chi connectivity index (χ0n) is 16.2. The lowest BCUT2D eigenvalue weighted by atomic mass is 9.92. The van der Waals surface area contributed by atoms with Gasteiger partial charge in [0.2, 0.25) is 5.91 Å². The van der Waals surface area contributed by atoms with E-state index in [1.807, 2.05) is 23.1 Å². The molecular weight excluding hydrogens is 346 g/mol. The molecule has 3 rings (SSSR count). The molecule has 1 aliphatic rings. The molecule has 7 heteroatoms. The number of hydrogen-bond donors (Lipinski definition) is 1. The standard InChI is InChI=1S/C20H27N3O4/c1-25-8-6-19(24)23-7-4-5-13(12-23)20-15(21)9-14-10-17(26-2)18(27-3)11-16(14)22-20/h9-11,13H,4-8,12,21H2,1-3H3. The number of methoxy groups -OCH3 is 3. The maximum atomic E-state index is 12.3. The minimum atomic E-state index is 0.118. The molecule has 7 nitrogen and oxygen atoms in total. The lowest BCUT2D eigenvalue weighted by Crippen LogP contribution is -2.39. The van der Waals surface area contributed by atoms with E-state index in [1.54, 1.807) is 21.3 Å². The van der Waals surface area contributed by atoms with Gasteiger partial charge in [-0.2, -0.15) is 0 Å². The van der Waals surface area contributed by atoms with Crippen LogP contribution in [0.3, 0.4) is 0 Å². The predicted octanol–water partition coefficient (Wildman–Crippen LogP) is 2.58. The molecule has 2 N–H and O–H groups in total. The highest BCUT2D eigenvalue weighted by Gasteiger charge is 2.27. The Bertz CT molecular complexity index is 824. The number of amides is 1. The van der Waals surface area contributed by atoms with Crippen molar-refractivity contribution in [2.75, 3.05) is 46.8 Å². The van der Waals surface area contributed by atoms with Gasteiger partial charge in [-0.05, 0) is 25.0 Å². The Balaban J connectivity index is 1.89. The molecule has 1 atom stereocenters. The molecule has 1 unspecified atom stereocenters. The minimum Gasteiger partial charge on any atom is -0.493 e.